The standard InChI is InChI=1S/C27H30F3N2O3.BrH/c1-20-31(15-16-32(20)19-21-8-10-24(28)11-9-21)14-5-17-35-25(33)27(34,22-6-3-2-4-7-22)23-12-13-26(29,30)18-23;/h2-4,6-11,15-16,23,34H,5,12-14,17-19H2,1H3;1H/q+1;/p-1/t23-,27+;/m1./s1. The van der Waals surface area contributed by atoms with E-state index in [0.717, 1.165) is 11.4 Å². The SMILES string of the molecule is Cc1n(CCCOC(=O)[C@](O)(c2ccccc2)[C@@H]2CCC(F)(F)C2)cc[n+]1Cc1ccc(F)cc1.[Br-]. The van der Waals surface area contributed by atoms with Gasteiger partial charge in [0.25, 0.3) is 5.82 Å². The number of hydrogen-bond acceptors (Lipinski definition) is 3. The number of aromatic nitrogens is 2. The average Bonchev–Trinajstić information content (AvgIpc) is 3.39. The van der Waals surface area contributed by atoms with Gasteiger partial charge in [-0.3, -0.25) is 0 Å². The zero-order valence-corrected chi connectivity index (χ0v) is 21.6. The third kappa shape index (κ3) is 6.18. The maximum Gasteiger partial charge on any atom is 0.343 e. The molecule has 9 heteroatoms. The molecule has 0 spiro atoms. The largest absolute Gasteiger partial charge is 1.00 e. The van der Waals surface area contributed by atoms with E-state index in [1.807, 2.05) is 28.5 Å². The highest BCUT2D eigenvalue weighted by Gasteiger charge is 2.54. The zero-order valence-electron chi connectivity index (χ0n) is 20.0. The van der Waals surface area contributed by atoms with E-state index in [1.165, 1.54) is 12.1 Å². The van der Waals surface area contributed by atoms with Gasteiger partial charge in [-0.15, -0.1) is 0 Å². The third-order valence-corrected chi connectivity index (χ3v) is 6.82. The molecule has 36 heavy (non-hydrogen) atoms. The number of hydrogen-bond donors (Lipinski definition) is 1. The number of nitrogens with zero attached hydrogens (tertiary/aromatic N) is 2. The number of ether oxygens (including phenoxy) is 1. The zero-order chi connectivity index (χ0) is 25.1. The van der Waals surface area contributed by atoms with Crippen LogP contribution in [-0.2, 0) is 28.2 Å². The predicted octanol–water partition coefficient (Wildman–Crippen LogP) is 1.53. The van der Waals surface area contributed by atoms with E-state index in [-0.39, 0.29) is 47.8 Å². The van der Waals surface area contributed by atoms with Crippen molar-refractivity contribution < 1.29 is 49.4 Å². The van der Waals surface area contributed by atoms with Crippen LogP contribution in [0.2, 0.25) is 0 Å². The molecular formula is C27H30BrF3N2O3. The number of aliphatic hydroxyl groups is 1. The minimum Gasteiger partial charge on any atom is -1.00 e. The van der Waals surface area contributed by atoms with Gasteiger partial charge in [0.15, 0.2) is 5.60 Å². The number of rotatable bonds is 9. The summed E-state index contributed by atoms with van der Waals surface area (Å²) in [5.74, 6) is -3.99. The summed E-state index contributed by atoms with van der Waals surface area (Å²) in [7, 11) is 0. The lowest BCUT2D eigenvalue weighted by Gasteiger charge is -2.32. The molecule has 1 saturated carbocycles. The maximum absolute atomic E-state index is 13.9. The Kier molecular flexibility index (Phi) is 9.00. The molecule has 0 amide bonds. The molecule has 194 valence electrons. The number of carbonyl (C=O) groups is 1. The Labute approximate surface area is 219 Å². The van der Waals surface area contributed by atoms with Crippen LogP contribution < -0.4 is 21.5 Å². The molecular weight excluding hydrogens is 537 g/mol. The molecule has 2 atom stereocenters. The van der Waals surface area contributed by atoms with Crippen molar-refractivity contribution in [2.45, 2.75) is 57.2 Å². The van der Waals surface area contributed by atoms with Gasteiger partial charge >= 0.3 is 5.97 Å². The summed E-state index contributed by atoms with van der Waals surface area (Å²) in [4.78, 5) is 13.0. The molecule has 3 aromatic rings. The number of carbonyl (C=O) groups excluding carboxylic acids is 1. The van der Waals surface area contributed by atoms with Crippen LogP contribution >= 0.6 is 0 Å². The molecule has 1 aliphatic rings. The summed E-state index contributed by atoms with van der Waals surface area (Å²) >= 11 is 0. The Balaban J connectivity index is 0.00000361. The number of alkyl halides is 2. The fraction of sp³-hybridized carbons (Fsp3) is 0.407. The Morgan fingerprint density at radius 1 is 1.19 bits per heavy atom. The molecule has 0 radical (unpaired) electrons. The van der Waals surface area contributed by atoms with Gasteiger partial charge in [-0.05, 0) is 29.7 Å². The second-order valence-electron chi connectivity index (χ2n) is 9.21. The summed E-state index contributed by atoms with van der Waals surface area (Å²) < 4.78 is 50.4. The highest BCUT2D eigenvalue weighted by atomic mass is 79.9. The lowest BCUT2D eigenvalue weighted by molar-refractivity contribution is -0.694. The van der Waals surface area contributed by atoms with Crippen LogP contribution in [0.25, 0.3) is 0 Å². The van der Waals surface area contributed by atoms with Gasteiger partial charge < -0.3 is 26.8 Å². The van der Waals surface area contributed by atoms with Crippen LogP contribution in [-0.4, -0.2) is 28.2 Å². The third-order valence-electron chi connectivity index (χ3n) is 6.82. The number of benzene rings is 2. The van der Waals surface area contributed by atoms with E-state index in [2.05, 4.69) is 0 Å². The van der Waals surface area contributed by atoms with Gasteiger partial charge in [0.2, 0.25) is 5.92 Å². The molecule has 4 rings (SSSR count). The minimum absolute atomic E-state index is 0. The van der Waals surface area contributed by atoms with Gasteiger partial charge in [-0.2, -0.15) is 0 Å². The Morgan fingerprint density at radius 3 is 2.53 bits per heavy atom. The fourth-order valence-electron chi connectivity index (χ4n) is 4.76. The average molecular weight is 567 g/mol. The molecule has 5 nitrogen and oxygen atoms in total. The summed E-state index contributed by atoms with van der Waals surface area (Å²) in [5.41, 5.74) is -0.859. The number of esters is 1. The second kappa shape index (κ2) is 11.6. The highest BCUT2D eigenvalue weighted by molar-refractivity contribution is 5.81. The van der Waals surface area contributed by atoms with Crippen molar-refractivity contribution in [2.75, 3.05) is 6.61 Å². The second-order valence-corrected chi connectivity index (χ2v) is 9.21. The quantitative estimate of drug-likeness (QED) is 0.243. The maximum atomic E-state index is 13.9. The van der Waals surface area contributed by atoms with Gasteiger partial charge in [-0.25, -0.2) is 27.1 Å². The van der Waals surface area contributed by atoms with E-state index >= 15 is 0 Å². The van der Waals surface area contributed by atoms with Crippen molar-refractivity contribution in [2.24, 2.45) is 5.92 Å². The van der Waals surface area contributed by atoms with Crippen molar-refractivity contribution in [1.82, 2.24) is 4.57 Å². The van der Waals surface area contributed by atoms with Gasteiger partial charge in [-0.1, -0.05) is 42.5 Å². The molecule has 1 heterocycles. The van der Waals surface area contributed by atoms with Crippen LogP contribution in [0, 0.1) is 18.7 Å². The minimum atomic E-state index is -2.90. The van der Waals surface area contributed by atoms with Crippen molar-refractivity contribution in [3.05, 3.63) is 89.8 Å². The molecule has 1 fully saturated rings. The summed E-state index contributed by atoms with van der Waals surface area (Å²) in [5, 5.41) is 11.4. The van der Waals surface area contributed by atoms with E-state index in [9.17, 15) is 23.1 Å². The van der Waals surface area contributed by atoms with E-state index in [1.54, 1.807) is 42.5 Å². The van der Waals surface area contributed by atoms with Crippen molar-refractivity contribution >= 4 is 5.97 Å². The molecule has 0 bridgehead atoms. The summed E-state index contributed by atoms with van der Waals surface area (Å²) in [6, 6.07) is 14.5. The Bertz CT molecular complexity index is 1150. The monoisotopic (exact) mass is 566 g/mol. The first-order chi connectivity index (χ1) is 16.7. The van der Waals surface area contributed by atoms with Crippen LogP contribution in [0.5, 0.6) is 0 Å². The highest BCUT2D eigenvalue weighted by Crippen LogP contribution is 2.47. The lowest BCUT2D eigenvalue weighted by atomic mass is 9.80. The van der Waals surface area contributed by atoms with Crippen LogP contribution in [0.1, 0.15) is 42.6 Å². The van der Waals surface area contributed by atoms with Crippen molar-refractivity contribution in [1.29, 1.82) is 0 Å². The first kappa shape index (κ1) is 27.9. The van der Waals surface area contributed by atoms with Gasteiger partial charge in [0.1, 0.15) is 24.8 Å². The topological polar surface area (TPSA) is 55.3 Å². The van der Waals surface area contributed by atoms with Gasteiger partial charge in [0.05, 0.1) is 13.2 Å². The Morgan fingerprint density at radius 2 is 1.89 bits per heavy atom. The fourth-order valence-corrected chi connectivity index (χ4v) is 4.76. The normalized spacial score (nSPS) is 18.3. The smallest absolute Gasteiger partial charge is 0.343 e. The molecule has 1 N–H and O–H groups in total. The summed E-state index contributed by atoms with van der Waals surface area (Å²) in [6.07, 6.45) is 3.48. The Hall–Kier alpha value is -2.65. The molecule has 1 aliphatic carbocycles. The molecule has 2 aromatic carbocycles. The van der Waals surface area contributed by atoms with Crippen LogP contribution in [0.3, 0.4) is 0 Å². The molecule has 0 unspecified atom stereocenters. The first-order valence-electron chi connectivity index (χ1n) is 11.8. The van der Waals surface area contributed by atoms with Crippen LogP contribution in [0.15, 0.2) is 67.0 Å². The van der Waals surface area contributed by atoms with Crippen molar-refractivity contribution in [3.8, 4) is 0 Å². The molecule has 0 saturated heterocycles. The molecule has 0 aliphatic heterocycles. The molecule has 1 aromatic heterocycles. The van der Waals surface area contributed by atoms with Crippen molar-refractivity contribution in [3.63, 3.8) is 0 Å². The van der Waals surface area contributed by atoms with Crippen LogP contribution in [0.4, 0.5) is 13.2 Å². The van der Waals surface area contributed by atoms with Gasteiger partial charge in [0, 0.05) is 32.1 Å². The van der Waals surface area contributed by atoms with E-state index in [4.69, 9.17) is 4.74 Å². The summed E-state index contributed by atoms with van der Waals surface area (Å²) in [6.45, 7) is 3.18. The van der Waals surface area contributed by atoms with E-state index < -0.39 is 29.8 Å². The predicted molar refractivity (Wildman–Crippen MR) is 123 cm³/mol. The van der Waals surface area contributed by atoms with E-state index in [0.29, 0.717) is 19.5 Å². The number of imidazole rings is 1. The number of aryl methyl sites for hydroxylation is 1. The number of halogens is 4. The first-order valence-corrected chi connectivity index (χ1v) is 11.8. The lowest BCUT2D eigenvalue weighted by Crippen LogP contribution is -3.00.